The minimum Gasteiger partial charge on any atom is -0.497 e. The summed E-state index contributed by atoms with van der Waals surface area (Å²) < 4.78 is 12.4. The average Bonchev–Trinajstić information content (AvgIpc) is 3.05. The Morgan fingerprint density at radius 2 is 1.72 bits per heavy atom. The fourth-order valence-electron chi connectivity index (χ4n) is 3.39. The van der Waals surface area contributed by atoms with Crippen LogP contribution in [0.5, 0.6) is 11.5 Å². The van der Waals surface area contributed by atoms with Crippen molar-refractivity contribution in [3.8, 4) is 17.2 Å². The number of hydrogen-bond donors (Lipinski definition) is 1. The first-order valence-electron chi connectivity index (χ1n) is 9.55. The Hall–Kier alpha value is -3.28. The molecular weight excluding hydrogens is 366 g/mol. The molecule has 1 amide bonds. The molecule has 2 aromatic carbocycles. The van der Waals surface area contributed by atoms with Crippen LogP contribution < -0.4 is 14.8 Å². The zero-order chi connectivity index (χ0) is 21.0. The molecule has 0 saturated carbocycles. The number of aryl methyl sites for hydroxylation is 4. The number of nitrogens with zero attached hydrogens (tertiary/aromatic N) is 2. The van der Waals surface area contributed by atoms with Crippen molar-refractivity contribution in [1.29, 1.82) is 0 Å². The summed E-state index contributed by atoms with van der Waals surface area (Å²) in [5, 5.41) is 7.54. The van der Waals surface area contributed by atoms with Crippen LogP contribution >= 0.6 is 0 Å². The van der Waals surface area contributed by atoms with Crippen LogP contribution in [0.1, 0.15) is 28.8 Å². The lowest BCUT2D eigenvalue weighted by atomic mass is 10.1. The molecule has 29 heavy (non-hydrogen) atoms. The number of amides is 1. The first-order chi connectivity index (χ1) is 13.9. The van der Waals surface area contributed by atoms with E-state index in [4.69, 9.17) is 9.47 Å². The lowest BCUT2D eigenvalue weighted by Gasteiger charge is -2.12. The van der Waals surface area contributed by atoms with E-state index < -0.39 is 0 Å². The molecule has 0 aliphatic rings. The summed E-state index contributed by atoms with van der Waals surface area (Å²) in [6.45, 7) is 6.01. The molecule has 6 heteroatoms. The predicted molar refractivity (Wildman–Crippen MR) is 114 cm³/mol. The van der Waals surface area contributed by atoms with Gasteiger partial charge in [-0.3, -0.25) is 4.79 Å². The number of nitrogens with one attached hydrogen (secondary N) is 1. The number of carbonyl (C=O) groups excluding carboxylic acids is 1. The van der Waals surface area contributed by atoms with Crippen molar-refractivity contribution in [2.75, 3.05) is 19.5 Å². The number of carbonyl (C=O) groups is 1. The van der Waals surface area contributed by atoms with Crippen LogP contribution in [-0.4, -0.2) is 29.9 Å². The SMILES string of the molecule is COc1ccc(OC)c(CCC(=O)Nc2cc(C)nn2-c2cc(C)cc(C)c2)c1. The molecule has 1 heterocycles. The van der Waals surface area contributed by atoms with Crippen molar-refractivity contribution in [3.63, 3.8) is 0 Å². The summed E-state index contributed by atoms with van der Waals surface area (Å²) in [5.74, 6) is 2.06. The van der Waals surface area contributed by atoms with Gasteiger partial charge in [0.1, 0.15) is 17.3 Å². The number of anilines is 1. The Morgan fingerprint density at radius 3 is 2.38 bits per heavy atom. The molecule has 0 unspecified atom stereocenters. The predicted octanol–water partition coefficient (Wildman–Crippen LogP) is 4.39. The summed E-state index contributed by atoms with van der Waals surface area (Å²) in [6, 6.07) is 13.7. The Morgan fingerprint density at radius 1 is 1.00 bits per heavy atom. The molecule has 3 aromatic rings. The topological polar surface area (TPSA) is 65.4 Å². The molecule has 152 valence electrons. The number of methoxy groups -OCH3 is 2. The second-order valence-corrected chi connectivity index (χ2v) is 7.15. The lowest BCUT2D eigenvalue weighted by Crippen LogP contribution is -2.15. The Kier molecular flexibility index (Phi) is 6.22. The van der Waals surface area contributed by atoms with E-state index in [9.17, 15) is 4.79 Å². The molecule has 0 fully saturated rings. The molecule has 0 radical (unpaired) electrons. The second kappa shape index (κ2) is 8.82. The van der Waals surface area contributed by atoms with Gasteiger partial charge in [0.25, 0.3) is 0 Å². The number of benzene rings is 2. The summed E-state index contributed by atoms with van der Waals surface area (Å²) in [6.07, 6.45) is 0.865. The van der Waals surface area contributed by atoms with Crippen molar-refractivity contribution in [3.05, 3.63) is 64.8 Å². The molecule has 0 spiro atoms. The zero-order valence-electron chi connectivity index (χ0n) is 17.6. The third-order valence-electron chi connectivity index (χ3n) is 4.66. The Labute approximate surface area is 171 Å². The number of aromatic nitrogens is 2. The van der Waals surface area contributed by atoms with Crippen molar-refractivity contribution in [2.45, 2.75) is 33.6 Å². The van der Waals surface area contributed by atoms with Crippen LogP contribution in [0.2, 0.25) is 0 Å². The Balaban J connectivity index is 1.75. The second-order valence-electron chi connectivity index (χ2n) is 7.15. The molecule has 6 nitrogen and oxygen atoms in total. The van der Waals surface area contributed by atoms with Crippen molar-refractivity contribution in [1.82, 2.24) is 9.78 Å². The van der Waals surface area contributed by atoms with Gasteiger partial charge in [0.15, 0.2) is 0 Å². The van der Waals surface area contributed by atoms with Crippen LogP contribution in [0, 0.1) is 20.8 Å². The van der Waals surface area contributed by atoms with Crippen LogP contribution in [0.4, 0.5) is 5.82 Å². The van der Waals surface area contributed by atoms with Gasteiger partial charge in [-0.1, -0.05) is 6.07 Å². The van der Waals surface area contributed by atoms with Crippen molar-refractivity contribution in [2.24, 2.45) is 0 Å². The first-order valence-corrected chi connectivity index (χ1v) is 9.55. The third-order valence-corrected chi connectivity index (χ3v) is 4.66. The smallest absolute Gasteiger partial charge is 0.225 e. The molecule has 0 atom stereocenters. The van der Waals surface area contributed by atoms with E-state index in [1.165, 1.54) is 0 Å². The quantitative estimate of drug-likeness (QED) is 0.647. The first kappa shape index (κ1) is 20.5. The van der Waals surface area contributed by atoms with Crippen LogP contribution in [0.3, 0.4) is 0 Å². The van der Waals surface area contributed by atoms with Crippen molar-refractivity contribution < 1.29 is 14.3 Å². The highest BCUT2D eigenvalue weighted by atomic mass is 16.5. The van der Waals surface area contributed by atoms with Crippen LogP contribution in [0.15, 0.2) is 42.5 Å². The summed E-state index contributed by atoms with van der Waals surface area (Å²) in [7, 11) is 3.24. The summed E-state index contributed by atoms with van der Waals surface area (Å²) in [4.78, 5) is 12.6. The molecule has 1 aromatic heterocycles. The standard InChI is InChI=1S/C23H27N3O3/c1-15-10-16(2)12-19(11-15)26-22(13-17(3)25-26)24-23(27)9-6-18-14-20(28-4)7-8-21(18)29-5/h7-8,10-14H,6,9H2,1-5H3,(H,24,27). The van der Waals surface area contributed by atoms with Gasteiger partial charge < -0.3 is 14.8 Å². The molecular formula is C23H27N3O3. The monoisotopic (exact) mass is 393 g/mol. The largest absolute Gasteiger partial charge is 0.497 e. The number of hydrogen-bond acceptors (Lipinski definition) is 4. The minimum absolute atomic E-state index is 0.0830. The lowest BCUT2D eigenvalue weighted by molar-refractivity contribution is -0.116. The number of rotatable bonds is 7. The van der Waals surface area contributed by atoms with Gasteiger partial charge in [-0.25, -0.2) is 4.68 Å². The van der Waals surface area contributed by atoms with Gasteiger partial charge in [0.05, 0.1) is 25.6 Å². The maximum atomic E-state index is 12.6. The van der Waals surface area contributed by atoms with Crippen molar-refractivity contribution >= 4 is 11.7 Å². The maximum Gasteiger partial charge on any atom is 0.225 e. The van der Waals surface area contributed by atoms with Crippen LogP contribution in [-0.2, 0) is 11.2 Å². The molecule has 0 bridgehead atoms. The van der Waals surface area contributed by atoms with Gasteiger partial charge in [-0.2, -0.15) is 5.10 Å². The molecule has 0 aliphatic carbocycles. The molecule has 3 rings (SSSR count). The van der Waals surface area contributed by atoms with Gasteiger partial charge >= 0.3 is 0 Å². The zero-order valence-corrected chi connectivity index (χ0v) is 17.6. The van der Waals surface area contributed by atoms with Gasteiger partial charge in [0, 0.05) is 12.5 Å². The highest BCUT2D eigenvalue weighted by molar-refractivity contribution is 5.90. The number of ether oxygens (including phenoxy) is 2. The van der Waals surface area contributed by atoms with Crippen LogP contribution in [0.25, 0.3) is 5.69 Å². The molecule has 1 N–H and O–H groups in total. The van der Waals surface area contributed by atoms with E-state index in [1.807, 2.05) is 45.0 Å². The van der Waals surface area contributed by atoms with Gasteiger partial charge in [-0.15, -0.1) is 0 Å². The van der Waals surface area contributed by atoms with Gasteiger partial charge in [0.2, 0.25) is 5.91 Å². The third kappa shape index (κ3) is 4.96. The summed E-state index contributed by atoms with van der Waals surface area (Å²) in [5.41, 5.74) is 5.00. The maximum absolute atomic E-state index is 12.6. The Bertz CT molecular complexity index is 1000. The van der Waals surface area contributed by atoms with E-state index in [-0.39, 0.29) is 5.91 Å². The van der Waals surface area contributed by atoms with E-state index in [0.29, 0.717) is 18.7 Å². The highest BCUT2D eigenvalue weighted by Gasteiger charge is 2.13. The van der Waals surface area contributed by atoms with E-state index in [2.05, 4.69) is 28.6 Å². The van der Waals surface area contributed by atoms with E-state index in [0.717, 1.165) is 39.6 Å². The summed E-state index contributed by atoms with van der Waals surface area (Å²) >= 11 is 0. The molecule has 0 aliphatic heterocycles. The van der Waals surface area contributed by atoms with E-state index in [1.54, 1.807) is 18.9 Å². The minimum atomic E-state index is -0.0830. The normalized spacial score (nSPS) is 10.7. The van der Waals surface area contributed by atoms with E-state index >= 15 is 0 Å². The fraction of sp³-hybridized carbons (Fsp3) is 0.304. The average molecular weight is 393 g/mol. The highest BCUT2D eigenvalue weighted by Crippen LogP contribution is 2.25. The van der Waals surface area contributed by atoms with Gasteiger partial charge in [-0.05, 0) is 74.2 Å². The fourth-order valence-corrected chi connectivity index (χ4v) is 3.39. The molecule has 0 saturated heterocycles.